The van der Waals surface area contributed by atoms with Gasteiger partial charge in [-0.05, 0) is 23.8 Å². The second-order valence-corrected chi connectivity index (χ2v) is 7.60. The van der Waals surface area contributed by atoms with E-state index < -0.39 is 17.6 Å². The first-order valence-corrected chi connectivity index (χ1v) is 8.78. The molecule has 0 saturated carbocycles. The first-order valence-electron chi connectivity index (χ1n) is 8.78. The fourth-order valence-electron chi connectivity index (χ4n) is 2.62. The minimum Gasteiger partial charge on any atom is -0.453 e. The van der Waals surface area contributed by atoms with Crippen LogP contribution in [0.15, 0.2) is 30.3 Å². The number of alkyl carbamates (subject to hydrolysis) is 1. The lowest BCUT2D eigenvalue weighted by Gasteiger charge is -2.31. The number of amides is 2. The normalized spacial score (nSPS) is 13.8. The number of nitrogens with zero attached hydrogens (tertiary/aromatic N) is 1. The van der Waals surface area contributed by atoms with E-state index in [1.165, 1.54) is 7.11 Å². The molecule has 0 aliphatic heterocycles. The number of carbonyl (C=O) groups excluding carboxylic acids is 2. The number of hydrazine groups is 1. The van der Waals surface area contributed by atoms with Gasteiger partial charge in [-0.1, -0.05) is 51.1 Å². The van der Waals surface area contributed by atoms with Crippen LogP contribution in [0.5, 0.6) is 0 Å². The number of benzene rings is 1. The van der Waals surface area contributed by atoms with Crippen molar-refractivity contribution in [1.82, 2.24) is 15.6 Å². The average Bonchev–Trinajstić information content (AvgIpc) is 2.57. The molecule has 2 amide bonds. The summed E-state index contributed by atoms with van der Waals surface area (Å²) in [6.45, 7) is 6.33. The lowest BCUT2D eigenvalue weighted by Crippen LogP contribution is -2.56. The third kappa shape index (κ3) is 7.84. The van der Waals surface area contributed by atoms with E-state index in [4.69, 9.17) is 5.84 Å². The van der Waals surface area contributed by atoms with Crippen molar-refractivity contribution in [3.8, 4) is 0 Å². The maximum absolute atomic E-state index is 12.9. The summed E-state index contributed by atoms with van der Waals surface area (Å²) in [6.07, 6.45) is 0.763. The minimum absolute atomic E-state index is 0.0970. The molecule has 0 aromatic heterocycles. The van der Waals surface area contributed by atoms with E-state index in [0.29, 0.717) is 19.4 Å². The zero-order valence-corrected chi connectivity index (χ0v) is 16.4. The zero-order chi connectivity index (χ0) is 19.7. The van der Waals surface area contributed by atoms with Gasteiger partial charge in [0.25, 0.3) is 0 Å². The van der Waals surface area contributed by atoms with Crippen LogP contribution >= 0.6 is 0 Å². The maximum atomic E-state index is 12.9. The van der Waals surface area contributed by atoms with Gasteiger partial charge in [0.05, 0.1) is 7.11 Å². The Hall–Kier alpha value is -2.12. The van der Waals surface area contributed by atoms with Gasteiger partial charge in [-0.3, -0.25) is 15.6 Å². The number of hydrogen-bond acceptors (Lipinski definition) is 5. The smallest absolute Gasteiger partial charge is 0.407 e. The highest BCUT2D eigenvalue weighted by atomic mass is 16.5. The number of nitrogens with one attached hydrogen (secondary N) is 2. The summed E-state index contributed by atoms with van der Waals surface area (Å²) in [4.78, 5) is 24.5. The van der Waals surface area contributed by atoms with E-state index in [1.807, 2.05) is 51.1 Å². The molecule has 0 spiro atoms. The van der Waals surface area contributed by atoms with Gasteiger partial charge in [-0.2, -0.15) is 0 Å². The lowest BCUT2D eigenvalue weighted by molar-refractivity contribution is -0.126. The fourth-order valence-corrected chi connectivity index (χ4v) is 2.62. The van der Waals surface area contributed by atoms with Gasteiger partial charge in [-0.15, -0.1) is 0 Å². The standard InChI is InChI=1S/C19H32N4O3/c1-19(2,3)16(22-18(25)26-5)17(24)21-15(11-12-23(4)20)13-14-9-7-6-8-10-14/h6-10,15-16H,11-13,20H2,1-5H3,(H,21,24)(H,22,25)/t15-,16-/m1/s1. The van der Waals surface area contributed by atoms with Crippen molar-refractivity contribution in [3.63, 3.8) is 0 Å². The van der Waals surface area contributed by atoms with Crippen LogP contribution in [0.3, 0.4) is 0 Å². The number of rotatable bonds is 8. The first-order chi connectivity index (χ1) is 12.1. The molecule has 4 N–H and O–H groups in total. The van der Waals surface area contributed by atoms with Gasteiger partial charge in [0.1, 0.15) is 6.04 Å². The van der Waals surface area contributed by atoms with Crippen LogP contribution < -0.4 is 16.5 Å². The average molecular weight is 364 g/mol. The van der Waals surface area contributed by atoms with Crippen molar-refractivity contribution < 1.29 is 14.3 Å². The molecule has 0 saturated heterocycles. The molecule has 0 unspecified atom stereocenters. The molecule has 0 fully saturated rings. The molecule has 7 nitrogen and oxygen atoms in total. The molecule has 0 radical (unpaired) electrons. The molecule has 146 valence electrons. The molecule has 1 aromatic rings. The van der Waals surface area contributed by atoms with Gasteiger partial charge in [0.2, 0.25) is 5.91 Å². The second kappa shape index (κ2) is 10.1. The highest BCUT2D eigenvalue weighted by molar-refractivity contribution is 5.86. The lowest BCUT2D eigenvalue weighted by atomic mass is 9.86. The van der Waals surface area contributed by atoms with Crippen LogP contribution in [0.4, 0.5) is 4.79 Å². The molecular weight excluding hydrogens is 332 g/mol. The predicted octanol–water partition coefficient (Wildman–Crippen LogP) is 1.68. The Morgan fingerprint density at radius 2 is 1.81 bits per heavy atom. The Morgan fingerprint density at radius 3 is 2.31 bits per heavy atom. The molecule has 2 atom stereocenters. The SMILES string of the molecule is COC(=O)N[C@H](C(=O)N[C@H](CCN(C)N)Cc1ccccc1)C(C)(C)C. The highest BCUT2D eigenvalue weighted by Crippen LogP contribution is 2.20. The summed E-state index contributed by atoms with van der Waals surface area (Å²) in [6, 6.07) is 9.16. The Bertz CT molecular complexity index is 570. The van der Waals surface area contributed by atoms with Gasteiger partial charge in [0, 0.05) is 19.6 Å². The Labute approximate surface area is 156 Å². The summed E-state index contributed by atoms with van der Waals surface area (Å²) in [5, 5.41) is 7.29. The van der Waals surface area contributed by atoms with Gasteiger partial charge in [0.15, 0.2) is 0 Å². The number of nitrogens with two attached hydrogens (primary N) is 1. The Balaban J connectivity index is 2.87. The zero-order valence-electron chi connectivity index (χ0n) is 16.4. The molecule has 0 aliphatic carbocycles. The number of carbonyl (C=O) groups is 2. The Kier molecular flexibility index (Phi) is 8.54. The van der Waals surface area contributed by atoms with Crippen molar-refractivity contribution in [2.24, 2.45) is 11.3 Å². The molecular formula is C19H32N4O3. The van der Waals surface area contributed by atoms with Crippen LogP contribution in [0.1, 0.15) is 32.8 Å². The molecule has 1 aromatic carbocycles. The quantitative estimate of drug-likeness (QED) is 0.482. The highest BCUT2D eigenvalue weighted by Gasteiger charge is 2.34. The van der Waals surface area contributed by atoms with Crippen LogP contribution in [0.25, 0.3) is 0 Å². The monoisotopic (exact) mass is 364 g/mol. The van der Waals surface area contributed by atoms with Gasteiger partial charge >= 0.3 is 6.09 Å². The predicted molar refractivity (Wildman–Crippen MR) is 102 cm³/mol. The summed E-state index contributed by atoms with van der Waals surface area (Å²) in [5.41, 5.74) is 0.672. The molecule has 26 heavy (non-hydrogen) atoms. The van der Waals surface area contributed by atoms with Crippen LogP contribution in [0, 0.1) is 5.41 Å². The van der Waals surface area contributed by atoms with Crippen LogP contribution in [-0.2, 0) is 16.0 Å². The number of ether oxygens (including phenoxy) is 1. The van der Waals surface area contributed by atoms with Crippen molar-refractivity contribution in [2.75, 3.05) is 20.7 Å². The Morgan fingerprint density at radius 1 is 1.19 bits per heavy atom. The van der Waals surface area contributed by atoms with Gasteiger partial charge in [-0.25, -0.2) is 4.79 Å². The molecule has 0 aliphatic rings. The fraction of sp³-hybridized carbons (Fsp3) is 0.579. The molecule has 7 heteroatoms. The van der Waals surface area contributed by atoms with Crippen molar-refractivity contribution >= 4 is 12.0 Å². The second-order valence-electron chi connectivity index (χ2n) is 7.60. The summed E-state index contributed by atoms with van der Waals surface area (Å²) >= 11 is 0. The van der Waals surface area contributed by atoms with E-state index >= 15 is 0 Å². The first kappa shape index (κ1) is 21.9. The van der Waals surface area contributed by atoms with E-state index in [-0.39, 0.29) is 11.9 Å². The van der Waals surface area contributed by atoms with E-state index in [2.05, 4.69) is 15.4 Å². The molecule has 0 heterocycles. The molecule has 0 bridgehead atoms. The topological polar surface area (TPSA) is 96.7 Å². The summed E-state index contributed by atoms with van der Waals surface area (Å²) in [5.74, 6) is 5.49. The maximum Gasteiger partial charge on any atom is 0.407 e. The van der Waals surface area contributed by atoms with Crippen LogP contribution in [-0.4, -0.2) is 49.8 Å². The molecule has 1 rings (SSSR count). The number of methoxy groups -OCH3 is 1. The van der Waals surface area contributed by atoms with Gasteiger partial charge < -0.3 is 15.4 Å². The van der Waals surface area contributed by atoms with E-state index in [1.54, 1.807) is 12.1 Å². The van der Waals surface area contributed by atoms with Crippen LogP contribution in [0.2, 0.25) is 0 Å². The minimum atomic E-state index is -0.705. The van der Waals surface area contributed by atoms with Crippen molar-refractivity contribution in [3.05, 3.63) is 35.9 Å². The third-order valence-electron chi connectivity index (χ3n) is 4.08. The third-order valence-corrected chi connectivity index (χ3v) is 4.08. The largest absolute Gasteiger partial charge is 0.453 e. The van der Waals surface area contributed by atoms with Crippen molar-refractivity contribution in [2.45, 2.75) is 45.7 Å². The van der Waals surface area contributed by atoms with E-state index in [9.17, 15) is 9.59 Å². The summed E-state index contributed by atoms with van der Waals surface area (Å²) in [7, 11) is 3.07. The number of hydrogen-bond donors (Lipinski definition) is 3. The van der Waals surface area contributed by atoms with Crippen molar-refractivity contribution in [1.29, 1.82) is 0 Å². The summed E-state index contributed by atoms with van der Waals surface area (Å²) < 4.78 is 4.65. The van der Waals surface area contributed by atoms with E-state index in [0.717, 1.165) is 5.56 Å².